The van der Waals surface area contributed by atoms with E-state index in [2.05, 4.69) is 21.5 Å². The van der Waals surface area contributed by atoms with Gasteiger partial charge in [-0.15, -0.1) is 11.3 Å². The van der Waals surface area contributed by atoms with Crippen LogP contribution in [0.3, 0.4) is 0 Å². The zero-order valence-corrected chi connectivity index (χ0v) is 14.2. The molecule has 2 aromatic rings. The molecular formula is C16H24N4OS. The summed E-state index contributed by atoms with van der Waals surface area (Å²) in [6.07, 6.45) is 8.88. The van der Waals surface area contributed by atoms with Gasteiger partial charge in [0.05, 0.1) is 25.4 Å². The molecule has 0 aliphatic heterocycles. The van der Waals surface area contributed by atoms with Gasteiger partial charge in [0, 0.05) is 30.9 Å². The Bertz CT molecular complexity index is 584. The molecule has 22 heavy (non-hydrogen) atoms. The first-order valence-electron chi connectivity index (χ1n) is 7.91. The number of nitrogens with zero attached hydrogens (tertiary/aromatic N) is 4. The molecule has 0 amide bonds. The largest absolute Gasteiger partial charge is 0.383 e. The number of methoxy groups -OCH3 is 1. The van der Waals surface area contributed by atoms with E-state index >= 15 is 0 Å². The van der Waals surface area contributed by atoms with E-state index in [0.717, 1.165) is 31.9 Å². The quantitative estimate of drug-likeness (QED) is 0.786. The summed E-state index contributed by atoms with van der Waals surface area (Å²) >= 11 is 1.89. The summed E-state index contributed by atoms with van der Waals surface area (Å²) in [7, 11) is 3.86. The second kappa shape index (κ2) is 7.35. The molecule has 0 spiro atoms. The summed E-state index contributed by atoms with van der Waals surface area (Å²) < 4.78 is 7.31. The zero-order chi connectivity index (χ0) is 15.4. The fourth-order valence-corrected chi connectivity index (χ4v) is 4.12. The highest BCUT2D eigenvalue weighted by molar-refractivity contribution is 7.11. The Hall–Kier alpha value is -1.24. The van der Waals surface area contributed by atoms with Gasteiger partial charge in [-0.25, -0.2) is 9.97 Å². The molecule has 3 rings (SSSR count). The molecule has 0 atom stereocenters. The van der Waals surface area contributed by atoms with Crippen molar-refractivity contribution in [2.75, 3.05) is 20.8 Å². The van der Waals surface area contributed by atoms with Crippen LogP contribution in [-0.4, -0.2) is 40.2 Å². The molecule has 1 aliphatic carbocycles. The van der Waals surface area contributed by atoms with E-state index in [0.29, 0.717) is 6.61 Å². The van der Waals surface area contributed by atoms with E-state index in [9.17, 15) is 0 Å². The van der Waals surface area contributed by atoms with Crippen molar-refractivity contribution in [1.29, 1.82) is 0 Å². The number of imidazole rings is 1. The van der Waals surface area contributed by atoms with Crippen LogP contribution in [0, 0.1) is 0 Å². The Labute approximate surface area is 136 Å². The first kappa shape index (κ1) is 15.6. The molecule has 0 N–H and O–H groups in total. The minimum atomic E-state index is 0.715. The Balaban J connectivity index is 1.59. The van der Waals surface area contributed by atoms with Crippen molar-refractivity contribution >= 4 is 11.3 Å². The van der Waals surface area contributed by atoms with E-state index < -0.39 is 0 Å². The lowest BCUT2D eigenvalue weighted by Crippen LogP contribution is -2.20. The van der Waals surface area contributed by atoms with E-state index in [1.165, 1.54) is 34.8 Å². The number of aryl methyl sites for hydroxylation is 2. The molecule has 0 bridgehead atoms. The van der Waals surface area contributed by atoms with Crippen LogP contribution in [-0.2, 0) is 37.2 Å². The van der Waals surface area contributed by atoms with Crippen LogP contribution >= 0.6 is 11.3 Å². The van der Waals surface area contributed by atoms with E-state index in [1.807, 2.05) is 23.7 Å². The molecule has 0 unspecified atom stereocenters. The molecule has 0 fully saturated rings. The van der Waals surface area contributed by atoms with E-state index in [-0.39, 0.29) is 0 Å². The number of rotatable bonds is 7. The van der Waals surface area contributed by atoms with Crippen molar-refractivity contribution in [3.63, 3.8) is 0 Å². The third kappa shape index (κ3) is 3.74. The second-order valence-corrected chi connectivity index (χ2v) is 7.05. The molecule has 2 heterocycles. The summed E-state index contributed by atoms with van der Waals surface area (Å²) in [5.41, 5.74) is 1.35. The molecule has 0 aromatic carbocycles. The van der Waals surface area contributed by atoms with Crippen LogP contribution in [0.1, 0.15) is 34.2 Å². The Morgan fingerprint density at radius 1 is 1.32 bits per heavy atom. The van der Waals surface area contributed by atoms with Gasteiger partial charge in [0.15, 0.2) is 0 Å². The Morgan fingerprint density at radius 2 is 2.18 bits per heavy atom. The molecule has 1 aliphatic rings. The smallest absolute Gasteiger partial charge is 0.122 e. The third-order valence-corrected chi connectivity index (χ3v) is 5.19. The molecule has 2 aromatic heterocycles. The maximum atomic E-state index is 5.15. The topological polar surface area (TPSA) is 43.2 Å². The van der Waals surface area contributed by atoms with Gasteiger partial charge in [0.2, 0.25) is 0 Å². The van der Waals surface area contributed by atoms with Crippen LogP contribution in [0.5, 0.6) is 0 Å². The summed E-state index contributed by atoms with van der Waals surface area (Å²) in [5, 5.41) is 1.24. The van der Waals surface area contributed by atoms with Gasteiger partial charge in [-0.3, -0.25) is 4.90 Å². The van der Waals surface area contributed by atoms with Crippen molar-refractivity contribution in [2.24, 2.45) is 0 Å². The van der Waals surface area contributed by atoms with Crippen LogP contribution in [0.2, 0.25) is 0 Å². The van der Waals surface area contributed by atoms with Crippen LogP contribution in [0.25, 0.3) is 0 Å². The first-order chi connectivity index (χ1) is 10.8. The number of hydrogen-bond acceptors (Lipinski definition) is 5. The first-order valence-corrected chi connectivity index (χ1v) is 8.73. The van der Waals surface area contributed by atoms with Gasteiger partial charge >= 0.3 is 0 Å². The van der Waals surface area contributed by atoms with Crippen molar-refractivity contribution < 1.29 is 4.74 Å². The lowest BCUT2D eigenvalue weighted by Gasteiger charge is -2.15. The maximum Gasteiger partial charge on any atom is 0.122 e. The van der Waals surface area contributed by atoms with E-state index in [4.69, 9.17) is 9.72 Å². The van der Waals surface area contributed by atoms with Crippen LogP contribution in [0.15, 0.2) is 12.4 Å². The predicted octanol–water partition coefficient (Wildman–Crippen LogP) is 2.50. The summed E-state index contributed by atoms with van der Waals surface area (Å²) in [6, 6.07) is 0. The lowest BCUT2D eigenvalue weighted by molar-refractivity contribution is 0.184. The SMILES string of the molecule is COCCn1ccnc1CN(C)Cc1nc2c(s1)CCCC2. The highest BCUT2D eigenvalue weighted by Crippen LogP contribution is 2.27. The number of ether oxygens (including phenoxy) is 1. The standard InChI is InChI=1S/C16H24N4OS/c1-19(11-15-17-7-8-20(15)9-10-21-2)12-16-18-13-5-3-4-6-14(13)22-16/h7-8H,3-6,9-12H2,1-2H3. The normalized spacial score (nSPS) is 14.5. The number of fused-ring (bicyclic) bond motifs is 1. The fourth-order valence-electron chi connectivity index (χ4n) is 2.89. The van der Waals surface area contributed by atoms with Crippen molar-refractivity contribution in [1.82, 2.24) is 19.4 Å². The highest BCUT2D eigenvalue weighted by Gasteiger charge is 2.16. The fraction of sp³-hybridized carbons (Fsp3) is 0.625. The van der Waals surface area contributed by atoms with Gasteiger partial charge in [-0.05, 0) is 32.7 Å². The van der Waals surface area contributed by atoms with Crippen molar-refractivity contribution in [2.45, 2.75) is 45.3 Å². The average molecular weight is 320 g/mol. The van der Waals surface area contributed by atoms with Gasteiger partial charge in [0.25, 0.3) is 0 Å². The second-order valence-electron chi connectivity index (χ2n) is 5.89. The highest BCUT2D eigenvalue weighted by atomic mass is 32.1. The van der Waals surface area contributed by atoms with Crippen molar-refractivity contribution in [3.8, 4) is 0 Å². The molecule has 0 saturated carbocycles. The van der Waals surface area contributed by atoms with Gasteiger partial charge in [0.1, 0.15) is 10.8 Å². The Kier molecular flexibility index (Phi) is 5.23. The van der Waals surface area contributed by atoms with Gasteiger partial charge in [-0.2, -0.15) is 0 Å². The zero-order valence-electron chi connectivity index (χ0n) is 13.4. The maximum absolute atomic E-state index is 5.15. The molecule has 5 nitrogen and oxygen atoms in total. The molecule has 6 heteroatoms. The van der Waals surface area contributed by atoms with Gasteiger partial charge in [-0.1, -0.05) is 0 Å². The van der Waals surface area contributed by atoms with Crippen LogP contribution < -0.4 is 0 Å². The number of aromatic nitrogens is 3. The minimum absolute atomic E-state index is 0.715. The molecule has 0 saturated heterocycles. The Morgan fingerprint density at radius 3 is 3.00 bits per heavy atom. The summed E-state index contributed by atoms with van der Waals surface area (Å²) in [5.74, 6) is 1.08. The number of thiazole rings is 1. The third-order valence-electron chi connectivity index (χ3n) is 4.04. The van der Waals surface area contributed by atoms with Gasteiger partial charge < -0.3 is 9.30 Å². The van der Waals surface area contributed by atoms with Crippen LogP contribution in [0.4, 0.5) is 0 Å². The van der Waals surface area contributed by atoms with Crippen molar-refractivity contribution in [3.05, 3.63) is 33.8 Å². The molecule has 0 radical (unpaired) electrons. The summed E-state index contributed by atoms with van der Waals surface area (Å²) in [6.45, 7) is 3.30. The monoisotopic (exact) mass is 320 g/mol. The number of hydrogen-bond donors (Lipinski definition) is 0. The lowest BCUT2D eigenvalue weighted by atomic mass is 10.0. The average Bonchev–Trinajstić information content (AvgIpc) is 3.10. The molecular weight excluding hydrogens is 296 g/mol. The predicted molar refractivity (Wildman–Crippen MR) is 88.0 cm³/mol. The minimum Gasteiger partial charge on any atom is -0.383 e. The van der Waals surface area contributed by atoms with E-state index in [1.54, 1.807) is 7.11 Å². The molecule has 120 valence electrons. The summed E-state index contributed by atoms with van der Waals surface area (Å²) in [4.78, 5) is 13.1.